The third-order valence-corrected chi connectivity index (χ3v) is 3.95. The molecule has 1 aliphatic heterocycles. The van der Waals surface area contributed by atoms with Gasteiger partial charge in [0.2, 0.25) is 0 Å². The highest BCUT2D eigenvalue weighted by Crippen LogP contribution is 2.33. The predicted molar refractivity (Wildman–Crippen MR) is 86.9 cm³/mol. The lowest BCUT2D eigenvalue weighted by atomic mass is 10.1. The third kappa shape index (κ3) is 2.73. The van der Waals surface area contributed by atoms with Gasteiger partial charge in [-0.05, 0) is 19.1 Å². The van der Waals surface area contributed by atoms with Crippen molar-refractivity contribution in [2.24, 2.45) is 0 Å². The summed E-state index contributed by atoms with van der Waals surface area (Å²) in [6.07, 6.45) is 0. The zero-order valence-corrected chi connectivity index (χ0v) is 13.8. The summed E-state index contributed by atoms with van der Waals surface area (Å²) >= 11 is 0. The van der Waals surface area contributed by atoms with Crippen molar-refractivity contribution in [2.75, 3.05) is 19.5 Å². The molecule has 0 amide bonds. The number of aryl methyl sites for hydroxylation is 1. The van der Waals surface area contributed by atoms with E-state index < -0.39 is 29.6 Å². The Kier molecular flexibility index (Phi) is 4.22. The van der Waals surface area contributed by atoms with Crippen molar-refractivity contribution in [1.29, 1.82) is 0 Å². The number of para-hydroxylation sites is 1. The van der Waals surface area contributed by atoms with Gasteiger partial charge in [-0.15, -0.1) is 0 Å². The summed E-state index contributed by atoms with van der Waals surface area (Å²) < 4.78 is 10.9. The minimum absolute atomic E-state index is 0.0978. The van der Waals surface area contributed by atoms with Gasteiger partial charge in [-0.25, -0.2) is 14.3 Å². The van der Waals surface area contributed by atoms with Gasteiger partial charge in [0.1, 0.15) is 5.69 Å². The van der Waals surface area contributed by atoms with Crippen molar-refractivity contribution in [2.45, 2.75) is 19.0 Å². The number of fused-ring (bicyclic) bond motifs is 3. The van der Waals surface area contributed by atoms with Gasteiger partial charge in [0.05, 0.1) is 14.2 Å². The number of methoxy groups -OCH3 is 2. The average Bonchev–Trinajstić information content (AvgIpc) is 2.76. The maximum absolute atomic E-state index is 12.4. The summed E-state index contributed by atoms with van der Waals surface area (Å²) in [6, 6.07) is 4.64. The molecule has 0 saturated carbocycles. The first-order chi connectivity index (χ1) is 12.0. The van der Waals surface area contributed by atoms with Crippen LogP contribution in [-0.2, 0) is 19.1 Å². The Morgan fingerprint density at radius 1 is 1.16 bits per heavy atom. The van der Waals surface area contributed by atoms with Crippen LogP contribution >= 0.6 is 0 Å². The second-order valence-corrected chi connectivity index (χ2v) is 5.43. The van der Waals surface area contributed by atoms with Crippen LogP contribution in [0.15, 0.2) is 29.1 Å². The first kappa shape index (κ1) is 16.6. The number of rotatable bonds is 2. The Labute approximate surface area is 142 Å². The van der Waals surface area contributed by atoms with Crippen molar-refractivity contribution >= 4 is 17.6 Å². The van der Waals surface area contributed by atoms with Gasteiger partial charge < -0.3 is 14.8 Å². The van der Waals surface area contributed by atoms with E-state index in [-0.39, 0.29) is 11.5 Å². The van der Waals surface area contributed by atoms with E-state index in [9.17, 15) is 14.4 Å². The number of carbonyl (C=O) groups is 2. The van der Waals surface area contributed by atoms with E-state index in [1.54, 1.807) is 24.3 Å². The molecule has 3 rings (SSSR count). The van der Waals surface area contributed by atoms with Crippen molar-refractivity contribution < 1.29 is 19.1 Å². The quantitative estimate of drug-likeness (QED) is 0.774. The second kappa shape index (κ2) is 6.34. The molecule has 130 valence electrons. The Morgan fingerprint density at radius 2 is 1.84 bits per heavy atom. The summed E-state index contributed by atoms with van der Waals surface area (Å²) in [5.41, 5.74) is 0.643. The minimum Gasteiger partial charge on any atom is -0.467 e. The van der Waals surface area contributed by atoms with Crippen LogP contribution in [-0.4, -0.2) is 47.0 Å². The number of benzene rings is 1. The molecule has 2 aromatic rings. The summed E-state index contributed by atoms with van der Waals surface area (Å²) in [5, 5.41) is 7.17. The lowest BCUT2D eigenvalue weighted by Gasteiger charge is -2.24. The fourth-order valence-electron chi connectivity index (χ4n) is 2.72. The third-order valence-electron chi connectivity index (χ3n) is 3.95. The number of carbonyl (C=O) groups excluding carboxylic acids is 2. The SMILES string of the molecule is COC(=O)[C@H]1Nc2ccccc2-c2nc(=O)c(C)nn2[C@H]1C(=O)OC. The summed E-state index contributed by atoms with van der Waals surface area (Å²) in [5.74, 6) is -1.22. The molecule has 0 fully saturated rings. The van der Waals surface area contributed by atoms with E-state index in [0.29, 0.717) is 11.3 Å². The molecule has 2 heterocycles. The van der Waals surface area contributed by atoms with Crippen LogP contribution in [0.3, 0.4) is 0 Å². The molecule has 1 aromatic heterocycles. The molecule has 1 aromatic carbocycles. The average molecular weight is 344 g/mol. The zero-order valence-electron chi connectivity index (χ0n) is 13.8. The molecule has 1 N–H and O–H groups in total. The Hall–Kier alpha value is -3.23. The van der Waals surface area contributed by atoms with E-state index in [1.807, 2.05) is 0 Å². The number of hydrogen-bond acceptors (Lipinski definition) is 8. The van der Waals surface area contributed by atoms with Crippen molar-refractivity contribution in [3.63, 3.8) is 0 Å². The van der Waals surface area contributed by atoms with Gasteiger partial charge in [0, 0.05) is 11.3 Å². The summed E-state index contributed by atoms with van der Waals surface area (Å²) in [6.45, 7) is 1.48. The van der Waals surface area contributed by atoms with Gasteiger partial charge >= 0.3 is 11.9 Å². The summed E-state index contributed by atoms with van der Waals surface area (Å²) in [4.78, 5) is 40.8. The molecule has 0 spiro atoms. The van der Waals surface area contributed by atoms with Crippen molar-refractivity contribution in [3.8, 4) is 11.4 Å². The smallest absolute Gasteiger partial charge is 0.333 e. The highest BCUT2D eigenvalue weighted by atomic mass is 16.5. The maximum Gasteiger partial charge on any atom is 0.333 e. The Balaban J connectivity index is 2.35. The molecular weight excluding hydrogens is 328 g/mol. The van der Waals surface area contributed by atoms with Crippen molar-refractivity contribution in [3.05, 3.63) is 40.3 Å². The van der Waals surface area contributed by atoms with Crippen LogP contribution in [0.2, 0.25) is 0 Å². The van der Waals surface area contributed by atoms with E-state index in [1.165, 1.54) is 25.8 Å². The number of nitrogens with one attached hydrogen (secondary N) is 1. The van der Waals surface area contributed by atoms with Crippen LogP contribution in [0.4, 0.5) is 5.69 Å². The molecular formula is C16H16N4O5. The second-order valence-electron chi connectivity index (χ2n) is 5.43. The number of nitrogens with zero attached hydrogens (tertiary/aromatic N) is 3. The van der Waals surface area contributed by atoms with Gasteiger partial charge in [-0.1, -0.05) is 12.1 Å². The number of esters is 2. The highest BCUT2D eigenvalue weighted by Gasteiger charge is 2.42. The molecule has 9 heteroatoms. The van der Waals surface area contributed by atoms with E-state index in [2.05, 4.69) is 15.4 Å². The monoisotopic (exact) mass is 344 g/mol. The Morgan fingerprint density at radius 3 is 2.52 bits per heavy atom. The van der Waals surface area contributed by atoms with Crippen LogP contribution < -0.4 is 10.9 Å². The Bertz CT molecular complexity index is 908. The van der Waals surface area contributed by atoms with Gasteiger partial charge in [0.25, 0.3) is 5.56 Å². The minimum atomic E-state index is -1.19. The fourth-order valence-corrected chi connectivity index (χ4v) is 2.72. The maximum atomic E-state index is 12.4. The van der Waals surface area contributed by atoms with Gasteiger partial charge in [0.15, 0.2) is 17.9 Å². The highest BCUT2D eigenvalue weighted by molar-refractivity contribution is 5.91. The van der Waals surface area contributed by atoms with Crippen LogP contribution in [0, 0.1) is 6.92 Å². The van der Waals surface area contributed by atoms with Crippen LogP contribution in [0.1, 0.15) is 11.7 Å². The molecule has 1 aliphatic rings. The zero-order chi connectivity index (χ0) is 18.1. The molecule has 0 unspecified atom stereocenters. The first-order valence-electron chi connectivity index (χ1n) is 7.47. The van der Waals surface area contributed by atoms with E-state index in [4.69, 9.17) is 9.47 Å². The molecule has 0 saturated heterocycles. The number of anilines is 1. The first-order valence-corrected chi connectivity index (χ1v) is 7.47. The predicted octanol–water partition coefficient (Wildman–Crippen LogP) is 0.295. The number of hydrogen-bond donors (Lipinski definition) is 1. The van der Waals surface area contributed by atoms with Gasteiger partial charge in [-0.3, -0.25) is 4.79 Å². The molecule has 0 aliphatic carbocycles. The molecule has 0 bridgehead atoms. The normalized spacial score (nSPS) is 18.2. The van der Waals surface area contributed by atoms with Crippen molar-refractivity contribution in [1.82, 2.24) is 14.8 Å². The number of aromatic nitrogens is 3. The molecule has 0 radical (unpaired) electrons. The topological polar surface area (TPSA) is 112 Å². The summed E-state index contributed by atoms with van der Waals surface area (Å²) in [7, 11) is 2.43. The largest absolute Gasteiger partial charge is 0.467 e. The van der Waals surface area contributed by atoms with E-state index >= 15 is 0 Å². The van der Waals surface area contributed by atoms with E-state index in [0.717, 1.165) is 0 Å². The molecule has 2 atom stereocenters. The fraction of sp³-hybridized carbons (Fsp3) is 0.312. The van der Waals surface area contributed by atoms with Crippen LogP contribution in [0.5, 0.6) is 0 Å². The molecule has 9 nitrogen and oxygen atoms in total. The standard InChI is InChI=1S/C16H16N4O5/c1-8-14(21)18-13-9-6-4-5-7-10(9)17-11(15(22)24-2)12(16(23)25-3)20(13)19-8/h4-7,11-12,17H,1-3H3/t11-,12+/m0/s1. The van der Waals surface area contributed by atoms with Crippen LogP contribution in [0.25, 0.3) is 11.4 Å². The lowest BCUT2D eigenvalue weighted by Crippen LogP contribution is -2.44. The van der Waals surface area contributed by atoms with Gasteiger partial charge in [-0.2, -0.15) is 10.1 Å². The molecule has 25 heavy (non-hydrogen) atoms. The lowest BCUT2D eigenvalue weighted by molar-refractivity contribution is -0.152. The number of ether oxygens (including phenoxy) is 2.